The van der Waals surface area contributed by atoms with E-state index in [-0.39, 0.29) is 28.6 Å². The Morgan fingerprint density at radius 2 is 1.86 bits per heavy atom. The Morgan fingerprint density at radius 3 is 2.57 bits per heavy atom. The molecule has 6 rings (SSSR count). The minimum atomic E-state index is -0.734. The van der Waals surface area contributed by atoms with Crippen molar-refractivity contribution >= 4 is 28.6 Å². The first-order valence-electron chi connectivity index (χ1n) is 13.1. The van der Waals surface area contributed by atoms with Crippen molar-refractivity contribution in [3.8, 4) is 0 Å². The van der Waals surface area contributed by atoms with Crippen molar-refractivity contribution < 1.29 is 14.3 Å². The molecule has 2 N–H and O–H groups in total. The number of thiophene rings is 1. The highest BCUT2D eigenvalue weighted by molar-refractivity contribution is 7.10. The lowest BCUT2D eigenvalue weighted by Crippen LogP contribution is -2.62. The summed E-state index contributed by atoms with van der Waals surface area (Å²) in [6, 6.07) is 8.37. The summed E-state index contributed by atoms with van der Waals surface area (Å²) in [6.45, 7) is 1.83. The summed E-state index contributed by atoms with van der Waals surface area (Å²) in [6.07, 6.45) is 11.1. The Kier molecular flexibility index (Phi) is 5.85. The van der Waals surface area contributed by atoms with E-state index < -0.39 is 5.41 Å². The van der Waals surface area contributed by atoms with Crippen molar-refractivity contribution in [3.63, 3.8) is 0 Å². The molecule has 2 aromatic rings. The summed E-state index contributed by atoms with van der Waals surface area (Å²) in [5.74, 6) is 0.259. The second-order valence-electron chi connectivity index (χ2n) is 11.3. The smallest absolute Gasteiger partial charge is 0.150 e. The van der Waals surface area contributed by atoms with Gasteiger partial charge in [0.25, 0.3) is 0 Å². The molecule has 2 aromatic heterocycles. The third-order valence-electron chi connectivity index (χ3n) is 9.10. The monoisotopic (exact) mass is 493 g/mol. The number of carbonyl (C=O) groups excluding carboxylic acids is 2. The van der Waals surface area contributed by atoms with E-state index >= 15 is 0 Å². The van der Waals surface area contributed by atoms with Gasteiger partial charge in [-0.05, 0) is 62.1 Å². The molecule has 186 valence electrons. The van der Waals surface area contributed by atoms with Crippen molar-refractivity contribution in [3.05, 3.63) is 46.4 Å². The number of Topliss-reactive ketones (excluding diaryl/α,β-unsaturated/α-hetero) is 2. The van der Waals surface area contributed by atoms with Crippen LogP contribution >= 0.6 is 11.3 Å². The van der Waals surface area contributed by atoms with Gasteiger partial charge in [0.2, 0.25) is 0 Å². The van der Waals surface area contributed by atoms with Crippen LogP contribution in [0.15, 0.2) is 35.8 Å². The van der Waals surface area contributed by atoms with Crippen LogP contribution in [0.3, 0.4) is 0 Å². The van der Waals surface area contributed by atoms with Crippen LogP contribution in [-0.4, -0.2) is 47.9 Å². The van der Waals surface area contributed by atoms with Crippen LogP contribution < -0.4 is 10.6 Å². The van der Waals surface area contributed by atoms with Crippen LogP contribution in [0.1, 0.15) is 68.4 Å². The molecule has 2 unspecified atom stereocenters. The topological polar surface area (TPSA) is 85.5 Å². The zero-order valence-corrected chi connectivity index (χ0v) is 21.2. The number of nitrogens with two attached hydrogens (primary N) is 1. The second-order valence-corrected chi connectivity index (χ2v) is 12.3. The molecule has 2 atom stereocenters. The van der Waals surface area contributed by atoms with Gasteiger partial charge in [0.1, 0.15) is 17.0 Å². The number of hydrogen-bond donors (Lipinski definition) is 1. The van der Waals surface area contributed by atoms with Gasteiger partial charge in [-0.2, -0.15) is 0 Å². The van der Waals surface area contributed by atoms with E-state index in [9.17, 15) is 9.59 Å². The zero-order valence-electron chi connectivity index (χ0n) is 20.3. The molecule has 0 bridgehead atoms. The average molecular weight is 494 g/mol. The minimum Gasteiger partial charge on any atom is -0.375 e. The van der Waals surface area contributed by atoms with Gasteiger partial charge in [-0.3, -0.25) is 14.6 Å². The number of pyridine rings is 1. The number of ketones is 2. The van der Waals surface area contributed by atoms with Gasteiger partial charge in [-0.25, -0.2) is 0 Å². The summed E-state index contributed by atoms with van der Waals surface area (Å²) in [5, 5.41) is 2.11. The summed E-state index contributed by atoms with van der Waals surface area (Å²) in [4.78, 5) is 33.0. The Balaban J connectivity index is 1.19. The van der Waals surface area contributed by atoms with Gasteiger partial charge < -0.3 is 15.4 Å². The van der Waals surface area contributed by atoms with Crippen molar-refractivity contribution in [2.24, 2.45) is 11.1 Å². The molecule has 2 saturated heterocycles. The number of hydrogen-bond acceptors (Lipinski definition) is 7. The lowest BCUT2D eigenvalue weighted by atomic mass is 9.66. The van der Waals surface area contributed by atoms with Crippen molar-refractivity contribution in [2.45, 2.75) is 81.3 Å². The molecule has 4 fully saturated rings. The van der Waals surface area contributed by atoms with Gasteiger partial charge in [0.15, 0.2) is 0 Å². The molecule has 2 aliphatic heterocycles. The summed E-state index contributed by atoms with van der Waals surface area (Å²) < 4.78 is 6.40. The largest absolute Gasteiger partial charge is 0.375 e. The number of carbonyl (C=O) groups is 2. The quantitative estimate of drug-likeness (QED) is 0.607. The van der Waals surface area contributed by atoms with E-state index in [1.165, 1.54) is 17.7 Å². The van der Waals surface area contributed by atoms with Gasteiger partial charge in [0.05, 0.1) is 11.3 Å². The Morgan fingerprint density at radius 1 is 1.09 bits per heavy atom. The maximum atomic E-state index is 12.4. The first kappa shape index (κ1) is 23.3. The number of ether oxygens (including phenoxy) is 1. The molecule has 0 aromatic carbocycles. The first-order valence-corrected chi connectivity index (χ1v) is 14.0. The van der Waals surface area contributed by atoms with Crippen LogP contribution in [0.25, 0.3) is 0 Å². The summed E-state index contributed by atoms with van der Waals surface area (Å²) in [7, 11) is 0. The highest BCUT2D eigenvalue weighted by Gasteiger charge is 2.57. The molecule has 0 radical (unpaired) electrons. The lowest BCUT2D eigenvalue weighted by molar-refractivity contribution is -0.136. The van der Waals surface area contributed by atoms with Crippen LogP contribution in [0.5, 0.6) is 0 Å². The molecule has 2 spiro atoms. The van der Waals surface area contributed by atoms with Gasteiger partial charge >= 0.3 is 0 Å². The average Bonchev–Trinajstić information content (AvgIpc) is 3.54. The molecule has 4 aliphatic rings. The van der Waals surface area contributed by atoms with Crippen LogP contribution in [0.2, 0.25) is 0 Å². The Labute approximate surface area is 211 Å². The fourth-order valence-electron chi connectivity index (χ4n) is 7.30. The molecule has 2 saturated carbocycles. The highest BCUT2D eigenvalue weighted by atomic mass is 32.1. The van der Waals surface area contributed by atoms with Crippen LogP contribution in [0, 0.1) is 5.41 Å². The maximum absolute atomic E-state index is 12.4. The summed E-state index contributed by atoms with van der Waals surface area (Å²) in [5.41, 5.74) is 8.39. The Hall–Kier alpha value is -2.09. The van der Waals surface area contributed by atoms with E-state index in [0.29, 0.717) is 25.9 Å². The predicted octanol–water partition coefficient (Wildman–Crippen LogP) is 4.20. The van der Waals surface area contributed by atoms with Crippen LogP contribution in [0.4, 0.5) is 5.69 Å². The molecular formula is C28H35N3O3S. The molecule has 7 heteroatoms. The van der Waals surface area contributed by atoms with Crippen molar-refractivity contribution in [1.29, 1.82) is 0 Å². The van der Waals surface area contributed by atoms with E-state index in [0.717, 1.165) is 56.5 Å². The standard InChI is InChI=1S/C28H35N3O3S/c29-20(15-22-21(8-14-35-22)31-18-28(19-31)24(32)6-7-25(28)33)16-26(23-5-1-4-12-30-23)11-13-34-27(17-26)9-2-3-10-27/h1,4-5,8,12,14,20H,2-3,6-7,9-11,13,15-19,29H2. The normalized spacial score (nSPS) is 28.1. The van der Waals surface area contributed by atoms with Gasteiger partial charge in [-0.15, -0.1) is 11.3 Å². The van der Waals surface area contributed by atoms with E-state index in [1.54, 1.807) is 11.3 Å². The SMILES string of the molecule is NC(Cc1sccc1N1CC2(C1)C(=O)CCC2=O)CC1(c2ccccn2)CCOC2(CCCC2)C1. The van der Waals surface area contributed by atoms with Gasteiger partial charge in [0, 0.05) is 60.8 Å². The number of anilines is 1. The molecule has 0 amide bonds. The number of rotatable bonds is 6. The number of nitrogens with zero attached hydrogens (tertiary/aromatic N) is 2. The third-order valence-corrected chi connectivity index (χ3v) is 10.0. The fraction of sp³-hybridized carbons (Fsp3) is 0.607. The van der Waals surface area contributed by atoms with E-state index in [1.807, 2.05) is 12.3 Å². The molecular weight excluding hydrogens is 458 g/mol. The minimum absolute atomic E-state index is 0.00376. The van der Waals surface area contributed by atoms with Crippen molar-refractivity contribution in [2.75, 3.05) is 24.6 Å². The zero-order chi connectivity index (χ0) is 24.1. The van der Waals surface area contributed by atoms with Crippen LogP contribution in [-0.2, 0) is 26.2 Å². The highest BCUT2D eigenvalue weighted by Crippen LogP contribution is 2.50. The maximum Gasteiger partial charge on any atom is 0.150 e. The number of aromatic nitrogens is 1. The molecule has 6 nitrogen and oxygen atoms in total. The van der Waals surface area contributed by atoms with E-state index in [2.05, 4.69) is 28.5 Å². The third kappa shape index (κ3) is 3.96. The van der Waals surface area contributed by atoms with E-state index in [4.69, 9.17) is 15.5 Å². The fourth-order valence-corrected chi connectivity index (χ4v) is 8.29. The second kappa shape index (κ2) is 8.79. The predicted molar refractivity (Wildman–Crippen MR) is 137 cm³/mol. The molecule has 35 heavy (non-hydrogen) atoms. The lowest BCUT2D eigenvalue weighted by Gasteiger charge is -2.48. The first-order chi connectivity index (χ1) is 16.9. The molecule has 2 aliphatic carbocycles. The van der Waals surface area contributed by atoms with Gasteiger partial charge in [-0.1, -0.05) is 18.9 Å². The summed E-state index contributed by atoms with van der Waals surface area (Å²) >= 11 is 1.73. The molecule has 4 heterocycles. The Bertz CT molecular complexity index is 1090. The van der Waals surface area contributed by atoms with Crippen molar-refractivity contribution in [1.82, 2.24) is 4.98 Å².